The van der Waals surface area contributed by atoms with E-state index < -0.39 is 10.0 Å². The molecule has 0 aliphatic rings. The molecule has 0 aliphatic heterocycles. The summed E-state index contributed by atoms with van der Waals surface area (Å²) in [5.41, 5.74) is 4.63. The summed E-state index contributed by atoms with van der Waals surface area (Å²) in [4.78, 5) is 4.47. The van der Waals surface area contributed by atoms with Gasteiger partial charge in [0.1, 0.15) is 0 Å². The quantitative estimate of drug-likeness (QED) is 0.762. The number of hydrogen-bond donors (Lipinski definition) is 1. The van der Waals surface area contributed by atoms with Crippen LogP contribution in [0.4, 0.5) is 0 Å². The van der Waals surface area contributed by atoms with E-state index in [2.05, 4.69) is 14.8 Å². The van der Waals surface area contributed by atoms with Crippen molar-refractivity contribution < 1.29 is 8.42 Å². The standard InChI is InChI=1S/C18H20N4O2S/c1-13-4-5-18(6-14(13)2)25(23,24)21-9-15-7-16(10-19-8-15)17-11-20-22(3)12-17/h4-8,10-12,21H,9H2,1-3H3. The van der Waals surface area contributed by atoms with Crippen molar-refractivity contribution in [2.45, 2.75) is 25.3 Å². The molecule has 2 aromatic heterocycles. The largest absolute Gasteiger partial charge is 0.275 e. The van der Waals surface area contributed by atoms with Gasteiger partial charge in [-0.25, -0.2) is 13.1 Å². The first-order chi connectivity index (χ1) is 11.8. The maximum Gasteiger partial charge on any atom is 0.240 e. The number of benzene rings is 1. The number of hydrogen-bond acceptors (Lipinski definition) is 4. The Kier molecular flexibility index (Phi) is 4.69. The third-order valence-electron chi connectivity index (χ3n) is 4.09. The van der Waals surface area contributed by atoms with E-state index in [1.807, 2.05) is 39.2 Å². The highest BCUT2D eigenvalue weighted by Crippen LogP contribution is 2.19. The van der Waals surface area contributed by atoms with Crippen molar-refractivity contribution >= 4 is 10.0 Å². The second-order valence-corrected chi connectivity index (χ2v) is 7.82. The van der Waals surface area contributed by atoms with Crippen LogP contribution in [0.15, 0.2) is 53.9 Å². The van der Waals surface area contributed by atoms with Gasteiger partial charge >= 0.3 is 0 Å². The molecule has 0 bridgehead atoms. The lowest BCUT2D eigenvalue weighted by atomic mass is 10.1. The molecule has 0 radical (unpaired) electrons. The predicted octanol–water partition coefficient (Wildman–Crippen LogP) is 2.58. The van der Waals surface area contributed by atoms with Crippen LogP contribution in [0.3, 0.4) is 0 Å². The van der Waals surface area contributed by atoms with E-state index in [-0.39, 0.29) is 11.4 Å². The molecule has 130 valence electrons. The third kappa shape index (κ3) is 3.94. The Bertz CT molecular complexity index is 1010. The van der Waals surface area contributed by atoms with E-state index in [1.54, 1.807) is 35.4 Å². The molecule has 1 aromatic carbocycles. The van der Waals surface area contributed by atoms with Crippen LogP contribution < -0.4 is 4.72 Å². The molecule has 0 spiro atoms. The highest BCUT2D eigenvalue weighted by atomic mass is 32.2. The number of aryl methyl sites for hydroxylation is 3. The van der Waals surface area contributed by atoms with Crippen LogP contribution in [-0.2, 0) is 23.6 Å². The van der Waals surface area contributed by atoms with Gasteiger partial charge in [0.05, 0.1) is 11.1 Å². The highest BCUT2D eigenvalue weighted by molar-refractivity contribution is 7.89. The second kappa shape index (κ2) is 6.78. The summed E-state index contributed by atoms with van der Waals surface area (Å²) in [6, 6.07) is 7.03. The van der Waals surface area contributed by atoms with Crippen LogP contribution >= 0.6 is 0 Å². The molecule has 0 aliphatic carbocycles. The molecule has 0 saturated carbocycles. The lowest BCUT2D eigenvalue weighted by Gasteiger charge is -2.09. The number of sulfonamides is 1. The van der Waals surface area contributed by atoms with Gasteiger partial charge in [-0.05, 0) is 48.7 Å². The van der Waals surface area contributed by atoms with Crippen molar-refractivity contribution in [1.29, 1.82) is 0 Å². The predicted molar refractivity (Wildman–Crippen MR) is 96.4 cm³/mol. The Balaban J connectivity index is 1.78. The van der Waals surface area contributed by atoms with Gasteiger partial charge in [0.25, 0.3) is 0 Å². The number of rotatable bonds is 5. The Morgan fingerprint density at radius 3 is 2.52 bits per heavy atom. The minimum atomic E-state index is -3.57. The summed E-state index contributed by atoms with van der Waals surface area (Å²) in [7, 11) is -1.72. The molecule has 2 heterocycles. The molecule has 0 unspecified atom stereocenters. The fraction of sp³-hybridized carbons (Fsp3) is 0.222. The molecular weight excluding hydrogens is 336 g/mol. The zero-order valence-corrected chi connectivity index (χ0v) is 15.2. The molecule has 1 N–H and O–H groups in total. The van der Waals surface area contributed by atoms with E-state index in [1.165, 1.54) is 0 Å². The minimum absolute atomic E-state index is 0.177. The summed E-state index contributed by atoms with van der Waals surface area (Å²) in [6.45, 7) is 4.03. The van der Waals surface area contributed by atoms with Crippen LogP contribution in [0.25, 0.3) is 11.1 Å². The zero-order chi connectivity index (χ0) is 18.0. The van der Waals surface area contributed by atoms with Gasteiger partial charge in [0.2, 0.25) is 10.0 Å². The molecule has 0 atom stereocenters. The number of aromatic nitrogens is 3. The van der Waals surface area contributed by atoms with Crippen molar-refractivity contribution in [1.82, 2.24) is 19.5 Å². The Morgan fingerprint density at radius 1 is 1.04 bits per heavy atom. The number of nitrogens with one attached hydrogen (secondary N) is 1. The van der Waals surface area contributed by atoms with Gasteiger partial charge in [0.15, 0.2) is 0 Å². The van der Waals surface area contributed by atoms with Crippen molar-refractivity contribution in [3.8, 4) is 11.1 Å². The summed E-state index contributed by atoms with van der Waals surface area (Å²) >= 11 is 0. The van der Waals surface area contributed by atoms with Crippen molar-refractivity contribution in [2.24, 2.45) is 7.05 Å². The molecule has 6 nitrogen and oxygen atoms in total. The van der Waals surface area contributed by atoms with Crippen LogP contribution in [0.1, 0.15) is 16.7 Å². The highest BCUT2D eigenvalue weighted by Gasteiger charge is 2.14. The van der Waals surface area contributed by atoms with E-state index in [9.17, 15) is 8.42 Å². The monoisotopic (exact) mass is 356 g/mol. The van der Waals surface area contributed by atoms with Crippen LogP contribution in [-0.4, -0.2) is 23.2 Å². The SMILES string of the molecule is Cc1ccc(S(=O)(=O)NCc2cncc(-c3cnn(C)c3)c2)cc1C. The lowest BCUT2D eigenvalue weighted by Crippen LogP contribution is -2.23. The van der Waals surface area contributed by atoms with E-state index in [0.29, 0.717) is 0 Å². The molecule has 0 saturated heterocycles. The van der Waals surface area contributed by atoms with Gasteiger partial charge in [-0.2, -0.15) is 5.10 Å². The van der Waals surface area contributed by atoms with Crippen molar-refractivity contribution in [2.75, 3.05) is 0 Å². The van der Waals surface area contributed by atoms with Gasteiger partial charge in [-0.15, -0.1) is 0 Å². The summed E-state index contributed by atoms with van der Waals surface area (Å²) in [5.74, 6) is 0. The Hall–Kier alpha value is -2.51. The molecule has 0 amide bonds. The molecular formula is C18H20N4O2S. The first-order valence-electron chi connectivity index (χ1n) is 7.85. The van der Waals surface area contributed by atoms with E-state index in [0.717, 1.165) is 27.8 Å². The Morgan fingerprint density at radius 2 is 1.84 bits per heavy atom. The summed E-state index contributed by atoms with van der Waals surface area (Å²) in [6.07, 6.45) is 7.03. The molecule has 0 fully saturated rings. The number of pyridine rings is 1. The van der Waals surface area contributed by atoms with Crippen molar-refractivity contribution in [3.63, 3.8) is 0 Å². The topological polar surface area (TPSA) is 76.9 Å². The summed E-state index contributed by atoms with van der Waals surface area (Å²) < 4.78 is 29.3. The fourth-order valence-corrected chi connectivity index (χ4v) is 3.56. The molecule has 3 aromatic rings. The first-order valence-corrected chi connectivity index (χ1v) is 9.33. The average Bonchev–Trinajstić information content (AvgIpc) is 3.02. The third-order valence-corrected chi connectivity index (χ3v) is 5.49. The van der Waals surface area contributed by atoms with Crippen LogP contribution in [0.2, 0.25) is 0 Å². The lowest BCUT2D eigenvalue weighted by molar-refractivity contribution is 0.581. The molecule has 3 rings (SSSR count). The van der Waals surface area contributed by atoms with Crippen LogP contribution in [0, 0.1) is 13.8 Å². The van der Waals surface area contributed by atoms with Gasteiger partial charge in [0, 0.05) is 43.3 Å². The van der Waals surface area contributed by atoms with Gasteiger partial charge < -0.3 is 0 Å². The minimum Gasteiger partial charge on any atom is -0.275 e. The van der Waals surface area contributed by atoms with Gasteiger partial charge in [-0.1, -0.05) is 6.07 Å². The average molecular weight is 356 g/mol. The van der Waals surface area contributed by atoms with E-state index in [4.69, 9.17) is 0 Å². The zero-order valence-electron chi connectivity index (χ0n) is 14.4. The Labute approximate surface area is 147 Å². The number of nitrogens with zero attached hydrogens (tertiary/aromatic N) is 3. The molecule has 25 heavy (non-hydrogen) atoms. The smallest absolute Gasteiger partial charge is 0.240 e. The first kappa shape index (κ1) is 17.3. The second-order valence-electron chi connectivity index (χ2n) is 6.06. The van der Waals surface area contributed by atoms with E-state index >= 15 is 0 Å². The molecule has 7 heteroatoms. The van der Waals surface area contributed by atoms with Gasteiger partial charge in [-0.3, -0.25) is 9.67 Å². The maximum absolute atomic E-state index is 12.5. The van der Waals surface area contributed by atoms with Crippen molar-refractivity contribution in [3.05, 3.63) is 65.7 Å². The normalized spacial score (nSPS) is 11.6. The maximum atomic E-state index is 12.5. The van der Waals surface area contributed by atoms with Crippen LogP contribution in [0.5, 0.6) is 0 Å². The fourth-order valence-electron chi connectivity index (χ4n) is 2.46. The summed E-state index contributed by atoms with van der Waals surface area (Å²) in [5, 5.41) is 4.14.